The molecule has 0 aliphatic rings. The minimum absolute atomic E-state index is 0.0798. The first-order valence-electron chi connectivity index (χ1n) is 4.08. The van der Waals surface area contributed by atoms with Crippen molar-refractivity contribution < 1.29 is 9.90 Å². The van der Waals surface area contributed by atoms with Crippen LogP contribution in [0.5, 0.6) is 0 Å². The van der Waals surface area contributed by atoms with Gasteiger partial charge in [0.25, 0.3) is 0 Å². The molecule has 1 rings (SSSR count). The predicted molar refractivity (Wildman–Crippen MR) is 55.6 cm³/mol. The first-order valence-corrected chi connectivity index (χ1v) is 4.08. The number of hydrogen-bond donors (Lipinski definition) is 2. The third-order valence-corrected chi connectivity index (χ3v) is 1.63. The average molecular weight is 206 g/mol. The van der Waals surface area contributed by atoms with Gasteiger partial charge in [0.05, 0.1) is 5.69 Å². The van der Waals surface area contributed by atoms with E-state index in [1.54, 1.807) is 7.05 Å². The van der Waals surface area contributed by atoms with Crippen molar-refractivity contribution in [3.8, 4) is 0 Å². The van der Waals surface area contributed by atoms with Gasteiger partial charge in [0.1, 0.15) is 6.33 Å². The summed E-state index contributed by atoms with van der Waals surface area (Å²) in [4.78, 5) is 21.9. The molecule has 0 spiro atoms. The number of carboxylic acid groups (broad SMARTS) is 1. The quantitative estimate of drug-likeness (QED) is 0.686. The second-order valence-electron chi connectivity index (χ2n) is 2.60. The van der Waals surface area contributed by atoms with Gasteiger partial charge in [-0.05, 0) is 6.07 Å². The normalized spacial score (nSPS) is 11.9. The Kier molecular flexibility index (Phi) is 3.50. The van der Waals surface area contributed by atoms with E-state index in [2.05, 4.69) is 15.0 Å². The minimum atomic E-state index is -1.11. The van der Waals surface area contributed by atoms with Gasteiger partial charge >= 0.3 is 5.97 Å². The number of allylic oxidation sites excluding steroid dienone is 1. The summed E-state index contributed by atoms with van der Waals surface area (Å²) in [5.74, 6) is -1.11. The summed E-state index contributed by atoms with van der Waals surface area (Å²) in [5, 5.41) is 8.72. The highest BCUT2D eigenvalue weighted by molar-refractivity contribution is 6.09. The molecular formula is C9H10N4O2. The summed E-state index contributed by atoms with van der Waals surface area (Å²) in [6.45, 7) is 0. The van der Waals surface area contributed by atoms with Crippen LogP contribution in [0.3, 0.4) is 0 Å². The first kappa shape index (κ1) is 10.8. The zero-order valence-electron chi connectivity index (χ0n) is 8.08. The van der Waals surface area contributed by atoms with Gasteiger partial charge < -0.3 is 10.8 Å². The topological polar surface area (TPSA) is 101 Å². The van der Waals surface area contributed by atoms with Crippen molar-refractivity contribution in [1.82, 2.24) is 9.97 Å². The predicted octanol–water partition coefficient (Wildman–Crippen LogP) is 0.175. The Morgan fingerprint density at radius 3 is 2.73 bits per heavy atom. The van der Waals surface area contributed by atoms with Crippen LogP contribution in [0.2, 0.25) is 0 Å². The molecule has 0 bridgehead atoms. The number of aromatic nitrogens is 2. The van der Waals surface area contributed by atoms with Crippen LogP contribution in [-0.4, -0.2) is 34.3 Å². The second kappa shape index (κ2) is 4.85. The molecule has 78 valence electrons. The lowest BCUT2D eigenvalue weighted by Crippen LogP contribution is -2.03. The number of nitrogens with zero attached hydrogens (tertiary/aromatic N) is 3. The summed E-state index contributed by atoms with van der Waals surface area (Å²) in [6.07, 6.45) is 3.97. The van der Waals surface area contributed by atoms with Gasteiger partial charge in [0, 0.05) is 25.0 Å². The second-order valence-corrected chi connectivity index (χ2v) is 2.60. The molecule has 0 radical (unpaired) electrons. The Hall–Kier alpha value is -2.24. The fraction of sp³-hybridized carbons (Fsp3) is 0.111. The molecule has 0 atom stereocenters. The van der Waals surface area contributed by atoms with Crippen molar-refractivity contribution in [2.45, 2.75) is 0 Å². The maximum absolute atomic E-state index is 10.6. The van der Waals surface area contributed by atoms with Gasteiger partial charge in [0.2, 0.25) is 0 Å². The fourth-order valence-corrected chi connectivity index (χ4v) is 0.966. The van der Waals surface area contributed by atoms with Gasteiger partial charge in [0.15, 0.2) is 5.69 Å². The molecule has 15 heavy (non-hydrogen) atoms. The molecule has 1 aromatic heterocycles. The molecule has 0 unspecified atom stereocenters. The summed E-state index contributed by atoms with van der Waals surface area (Å²) in [5.41, 5.74) is 6.25. The van der Waals surface area contributed by atoms with Crippen molar-refractivity contribution in [2.24, 2.45) is 10.7 Å². The summed E-state index contributed by atoms with van der Waals surface area (Å²) >= 11 is 0. The lowest BCUT2D eigenvalue weighted by atomic mass is 10.2. The molecule has 0 amide bonds. The molecular weight excluding hydrogens is 196 g/mol. The van der Waals surface area contributed by atoms with Crippen molar-refractivity contribution in [3.05, 3.63) is 30.0 Å². The zero-order chi connectivity index (χ0) is 11.3. The number of hydrogen-bond acceptors (Lipinski definition) is 5. The Labute approximate surface area is 86.2 Å². The summed E-state index contributed by atoms with van der Waals surface area (Å²) in [6, 6.07) is 1.34. The molecule has 0 aliphatic carbocycles. The Morgan fingerprint density at radius 2 is 2.20 bits per heavy atom. The number of carbonyl (C=O) groups is 1. The van der Waals surface area contributed by atoms with E-state index in [0.29, 0.717) is 11.3 Å². The van der Waals surface area contributed by atoms with Crippen LogP contribution >= 0.6 is 0 Å². The van der Waals surface area contributed by atoms with Gasteiger partial charge in [-0.25, -0.2) is 14.8 Å². The molecule has 6 heteroatoms. The van der Waals surface area contributed by atoms with Gasteiger partial charge in [-0.2, -0.15) is 0 Å². The lowest BCUT2D eigenvalue weighted by Gasteiger charge is -2.00. The van der Waals surface area contributed by atoms with E-state index < -0.39 is 5.97 Å². The zero-order valence-corrected chi connectivity index (χ0v) is 8.08. The fourth-order valence-electron chi connectivity index (χ4n) is 0.966. The first-order chi connectivity index (χ1) is 7.19. The van der Waals surface area contributed by atoms with Crippen LogP contribution in [0.4, 0.5) is 0 Å². The number of aromatic carboxylic acids is 1. The van der Waals surface area contributed by atoms with E-state index in [0.717, 1.165) is 0 Å². The van der Waals surface area contributed by atoms with Crippen LogP contribution in [0, 0.1) is 0 Å². The van der Waals surface area contributed by atoms with Crippen LogP contribution in [0.25, 0.3) is 5.57 Å². The molecule has 3 N–H and O–H groups in total. The van der Waals surface area contributed by atoms with E-state index in [1.807, 2.05) is 0 Å². The van der Waals surface area contributed by atoms with E-state index in [-0.39, 0.29) is 5.69 Å². The van der Waals surface area contributed by atoms with E-state index in [4.69, 9.17) is 10.8 Å². The Bertz CT molecular complexity index is 426. The minimum Gasteiger partial charge on any atom is -0.477 e. The van der Waals surface area contributed by atoms with Crippen LogP contribution in [-0.2, 0) is 0 Å². The molecule has 0 aliphatic heterocycles. The van der Waals surface area contributed by atoms with Gasteiger partial charge in [-0.15, -0.1) is 0 Å². The summed E-state index contributed by atoms with van der Waals surface area (Å²) in [7, 11) is 1.59. The van der Waals surface area contributed by atoms with Gasteiger partial charge in [-0.1, -0.05) is 0 Å². The molecule has 1 aromatic rings. The summed E-state index contributed by atoms with van der Waals surface area (Å²) < 4.78 is 0. The van der Waals surface area contributed by atoms with Crippen LogP contribution in [0.15, 0.2) is 23.6 Å². The van der Waals surface area contributed by atoms with E-state index in [1.165, 1.54) is 24.8 Å². The highest BCUT2D eigenvalue weighted by Gasteiger charge is 2.07. The average Bonchev–Trinajstić information content (AvgIpc) is 2.26. The number of rotatable bonds is 3. The molecule has 0 aromatic carbocycles. The van der Waals surface area contributed by atoms with E-state index >= 15 is 0 Å². The number of aliphatic imine (C=N–C) groups is 1. The van der Waals surface area contributed by atoms with Crippen molar-refractivity contribution in [2.75, 3.05) is 7.05 Å². The highest BCUT2D eigenvalue weighted by Crippen LogP contribution is 2.08. The van der Waals surface area contributed by atoms with Crippen molar-refractivity contribution in [3.63, 3.8) is 0 Å². The maximum Gasteiger partial charge on any atom is 0.354 e. The standard InChI is InChI=1S/C9H10N4O2/c1-11-4-6(3-10)7-2-8(9(14)15)13-5-12-7/h2-5H,10H2,1H3,(H,14,15). The Balaban J connectivity index is 3.15. The molecule has 0 saturated carbocycles. The molecule has 6 nitrogen and oxygen atoms in total. The van der Waals surface area contributed by atoms with E-state index in [9.17, 15) is 4.79 Å². The molecule has 1 heterocycles. The Morgan fingerprint density at radius 1 is 1.53 bits per heavy atom. The van der Waals surface area contributed by atoms with Gasteiger partial charge in [-0.3, -0.25) is 4.99 Å². The SMILES string of the molecule is CN=CC(=CN)c1cc(C(=O)O)ncn1. The van der Waals surface area contributed by atoms with Crippen LogP contribution < -0.4 is 5.73 Å². The number of carboxylic acids is 1. The number of nitrogens with two attached hydrogens (primary N) is 1. The third-order valence-electron chi connectivity index (χ3n) is 1.63. The van der Waals surface area contributed by atoms with Crippen molar-refractivity contribution >= 4 is 17.8 Å². The third kappa shape index (κ3) is 2.60. The smallest absolute Gasteiger partial charge is 0.354 e. The molecule has 0 fully saturated rings. The largest absolute Gasteiger partial charge is 0.477 e. The highest BCUT2D eigenvalue weighted by atomic mass is 16.4. The van der Waals surface area contributed by atoms with Crippen LogP contribution in [0.1, 0.15) is 16.2 Å². The van der Waals surface area contributed by atoms with Crippen molar-refractivity contribution in [1.29, 1.82) is 0 Å². The maximum atomic E-state index is 10.6. The lowest BCUT2D eigenvalue weighted by molar-refractivity contribution is 0.0690. The molecule has 0 saturated heterocycles. The monoisotopic (exact) mass is 206 g/mol.